The van der Waals surface area contributed by atoms with Gasteiger partial charge in [-0.1, -0.05) is 15.9 Å². The molecule has 0 radical (unpaired) electrons. The maximum absolute atomic E-state index is 11.0. The van der Waals surface area contributed by atoms with E-state index in [1.54, 1.807) is 7.11 Å². The van der Waals surface area contributed by atoms with Crippen LogP contribution in [0, 0.1) is 10.1 Å². The molecule has 0 saturated carbocycles. The molecule has 0 amide bonds. The van der Waals surface area contributed by atoms with E-state index in [0.29, 0.717) is 18.0 Å². The lowest BCUT2D eigenvalue weighted by Crippen LogP contribution is -2.04. The summed E-state index contributed by atoms with van der Waals surface area (Å²) >= 11 is 3.37. The van der Waals surface area contributed by atoms with Gasteiger partial charge in [-0.2, -0.15) is 0 Å². The maximum atomic E-state index is 11.0. The third-order valence-electron chi connectivity index (χ3n) is 2.89. The zero-order valence-corrected chi connectivity index (χ0v) is 12.8. The van der Waals surface area contributed by atoms with Gasteiger partial charge >= 0.3 is 0 Å². The summed E-state index contributed by atoms with van der Waals surface area (Å²) < 4.78 is 6.14. The highest BCUT2D eigenvalue weighted by molar-refractivity contribution is 9.10. The van der Waals surface area contributed by atoms with Crippen LogP contribution < -0.4 is 10.1 Å². The van der Waals surface area contributed by atoms with Gasteiger partial charge in [0.15, 0.2) is 0 Å². The Balaban J connectivity index is 2.24. The zero-order chi connectivity index (χ0) is 15.4. The van der Waals surface area contributed by atoms with Gasteiger partial charge in [0.1, 0.15) is 17.2 Å². The van der Waals surface area contributed by atoms with Crippen molar-refractivity contribution in [3.63, 3.8) is 0 Å². The molecule has 7 heteroatoms. The van der Waals surface area contributed by atoms with Crippen molar-refractivity contribution in [1.82, 2.24) is 0 Å². The summed E-state index contributed by atoms with van der Waals surface area (Å²) in [4.78, 5) is 10.4. The van der Waals surface area contributed by atoms with Gasteiger partial charge in [-0.15, -0.1) is 0 Å². The van der Waals surface area contributed by atoms with E-state index in [9.17, 15) is 15.2 Å². The Labute approximate surface area is 129 Å². The molecule has 21 heavy (non-hydrogen) atoms. The Morgan fingerprint density at radius 1 is 1.33 bits per heavy atom. The number of anilines is 1. The predicted molar refractivity (Wildman–Crippen MR) is 82.8 cm³/mol. The summed E-state index contributed by atoms with van der Waals surface area (Å²) in [6.07, 6.45) is 0. The van der Waals surface area contributed by atoms with E-state index >= 15 is 0 Å². The van der Waals surface area contributed by atoms with Crippen molar-refractivity contribution < 1.29 is 14.8 Å². The van der Waals surface area contributed by atoms with E-state index < -0.39 is 4.92 Å². The second kappa shape index (κ2) is 6.45. The number of hydrogen-bond donors (Lipinski definition) is 2. The second-order valence-electron chi connectivity index (χ2n) is 4.27. The topological polar surface area (TPSA) is 84.6 Å². The fourth-order valence-corrected chi connectivity index (χ4v) is 2.30. The number of ether oxygens (including phenoxy) is 1. The predicted octanol–water partition coefficient (Wildman–Crippen LogP) is 3.68. The van der Waals surface area contributed by atoms with Gasteiger partial charge in [0.05, 0.1) is 18.1 Å². The molecule has 0 spiro atoms. The summed E-state index contributed by atoms with van der Waals surface area (Å²) in [6.45, 7) is 0.355. The summed E-state index contributed by atoms with van der Waals surface area (Å²) in [5.41, 5.74) is 1.01. The number of phenolic OH excluding ortho intramolecular Hbond substituents is 1. The first-order valence-corrected chi connectivity index (χ1v) is 6.84. The van der Waals surface area contributed by atoms with E-state index in [2.05, 4.69) is 21.2 Å². The molecule has 2 rings (SSSR count). The van der Waals surface area contributed by atoms with E-state index in [1.807, 2.05) is 18.2 Å². The molecule has 6 nitrogen and oxygen atoms in total. The van der Waals surface area contributed by atoms with Gasteiger partial charge in [-0.3, -0.25) is 10.1 Å². The van der Waals surface area contributed by atoms with Gasteiger partial charge in [-0.25, -0.2) is 0 Å². The van der Waals surface area contributed by atoms with Crippen molar-refractivity contribution in [3.05, 3.63) is 56.5 Å². The van der Waals surface area contributed by atoms with E-state index in [0.717, 1.165) is 16.1 Å². The summed E-state index contributed by atoms with van der Waals surface area (Å²) in [5, 5.41) is 23.3. The fraction of sp³-hybridized carbons (Fsp3) is 0.143. The summed E-state index contributed by atoms with van der Waals surface area (Å²) in [7, 11) is 1.57. The van der Waals surface area contributed by atoms with Crippen molar-refractivity contribution >= 4 is 27.3 Å². The lowest BCUT2D eigenvalue weighted by atomic mass is 10.2. The first-order valence-electron chi connectivity index (χ1n) is 6.05. The van der Waals surface area contributed by atoms with Crippen LogP contribution in [0.4, 0.5) is 11.4 Å². The number of nitrogens with one attached hydrogen (secondary N) is 1. The minimum atomic E-state index is -0.541. The molecule has 0 aliphatic carbocycles. The van der Waals surface area contributed by atoms with Crippen molar-refractivity contribution in [3.8, 4) is 11.5 Å². The molecular weight excluding hydrogens is 340 g/mol. The average Bonchev–Trinajstić information content (AvgIpc) is 2.46. The number of rotatable bonds is 5. The normalized spacial score (nSPS) is 10.2. The van der Waals surface area contributed by atoms with E-state index in [4.69, 9.17) is 4.74 Å². The number of halogens is 1. The Kier molecular flexibility index (Phi) is 4.64. The Hall–Kier alpha value is -2.28. The molecule has 0 heterocycles. The molecule has 0 aliphatic rings. The number of phenols is 1. The highest BCUT2D eigenvalue weighted by Gasteiger charge is 2.15. The summed E-state index contributed by atoms with van der Waals surface area (Å²) in [5.74, 6) is 0.541. The first kappa shape index (κ1) is 15.1. The van der Waals surface area contributed by atoms with Crippen molar-refractivity contribution in [1.29, 1.82) is 0 Å². The highest BCUT2D eigenvalue weighted by atomic mass is 79.9. The zero-order valence-electron chi connectivity index (χ0n) is 11.2. The third kappa shape index (κ3) is 3.63. The largest absolute Gasteiger partial charge is 0.508 e. The van der Waals surface area contributed by atoms with Crippen LogP contribution in [0.15, 0.2) is 40.9 Å². The standard InChI is InChI=1S/C14H13BrN2O4/c1-21-14-5-2-10(15)6-9(14)8-16-12-4-3-11(18)7-13(12)17(19)20/h2-7,16,18H,8H2,1H3. The molecule has 0 unspecified atom stereocenters. The van der Waals surface area contributed by atoms with Gasteiger partial charge in [-0.05, 0) is 30.3 Å². The molecule has 0 atom stereocenters. The number of hydrogen-bond acceptors (Lipinski definition) is 5. The number of nitro benzene ring substituents is 1. The van der Waals surface area contributed by atoms with Gasteiger partial charge in [0.25, 0.3) is 5.69 Å². The van der Waals surface area contributed by atoms with E-state index in [1.165, 1.54) is 12.1 Å². The van der Waals surface area contributed by atoms with Crippen molar-refractivity contribution in [2.75, 3.05) is 12.4 Å². The first-order chi connectivity index (χ1) is 10.0. The van der Waals surface area contributed by atoms with Crippen LogP contribution in [0.5, 0.6) is 11.5 Å². The number of nitrogens with zero attached hydrogens (tertiary/aromatic N) is 1. The molecule has 110 valence electrons. The Morgan fingerprint density at radius 2 is 2.10 bits per heavy atom. The minimum absolute atomic E-state index is 0.146. The van der Waals surface area contributed by atoms with Crippen LogP contribution in [0.25, 0.3) is 0 Å². The third-order valence-corrected chi connectivity index (χ3v) is 3.38. The molecule has 2 N–H and O–H groups in total. The maximum Gasteiger partial charge on any atom is 0.296 e. The van der Waals surface area contributed by atoms with E-state index in [-0.39, 0.29) is 11.4 Å². The number of aromatic hydroxyl groups is 1. The molecule has 0 fully saturated rings. The van der Waals surface area contributed by atoms with Crippen LogP contribution in [-0.2, 0) is 6.54 Å². The number of benzene rings is 2. The van der Waals surface area contributed by atoms with Crippen LogP contribution in [-0.4, -0.2) is 17.1 Å². The SMILES string of the molecule is COc1ccc(Br)cc1CNc1ccc(O)cc1[N+](=O)[O-]. The van der Waals surface area contributed by atoms with Gasteiger partial charge in [0.2, 0.25) is 0 Å². The summed E-state index contributed by atoms with van der Waals surface area (Å²) in [6, 6.07) is 9.52. The van der Waals surface area contributed by atoms with Crippen molar-refractivity contribution in [2.45, 2.75) is 6.54 Å². The lowest BCUT2D eigenvalue weighted by molar-refractivity contribution is -0.384. The monoisotopic (exact) mass is 352 g/mol. The molecule has 2 aromatic carbocycles. The highest BCUT2D eigenvalue weighted by Crippen LogP contribution is 2.30. The quantitative estimate of drug-likeness (QED) is 0.487. The second-order valence-corrected chi connectivity index (χ2v) is 5.18. The lowest BCUT2D eigenvalue weighted by Gasteiger charge is -2.11. The minimum Gasteiger partial charge on any atom is -0.508 e. The number of methoxy groups -OCH3 is 1. The molecule has 0 saturated heterocycles. The van der Waals surface area contributed by atoms with Crippen LogP contribution in [0.3, 0.4) is 0 Å². The molecular formula is C14H13BrN2O4. The van der Waals surface area contributed by atoms with Gasteiger partial charge < -0.3 is 15.2 Å². The Morgan fingerprint density at radius 3 is 2.76 bits per heavy atom. The van der Waals surface area contributed by atoms with Crippen LogP contribution in [0.2, 0.25) is 0 Å². The van der Waals surface area contributed by atoms with Crippen molar-refractivity contribution in [2.24, 2.45) is 0 Å². The van der Waals surface area contributed by atoms with Gasteiger partial charge in [0, 0.05) is 16.6 Å². The molecule has 2 aromatic rings. The average molecular weight is 353 g/mol. The molecule has 0 bridgehead atoms. The number of nitro groups is 1. The fourth-order valence-electron chi connectivity index (χ4n) is 1.90. The smallest absolute Gasteiger partial charge is 0.296 e. The molecule has 0 aliphatic heterocycles. The molecule has 0 aromatic heterocycles. The van der Waals surface area contributed by atoms with Crippen LogP contribution in [0.1, 0.15) is 5.56 Å². The Bertz CT molecular complexity index is 676. The van der Waals surface area contributed by atoms with Crippen LogP contribution >= 0.6 is 15.9 Å².